The maximum absolute atomic E-state index is 14.6. The number of fused-ring (bicyclic) bond motifs is 2. The Hall–Kier alpha value is -3.45. The largest absolute Gasteiger partial charge is 0.367 e. The number of amides is 1. The highest BCUT2D eigenvalue weighted by Crippen LogP contribution is 2.27. The van der Waals surface area contributed by atoms with Crippen molar-refractivity contribution in [3.8, 4) is 0 Å². The van der Waals surface area contributed by atoms with Gasteiger partial charge in [0.15, 0.2) is 11.5 Å². The zero-order chi connectivity index (χ0) is 22.4. The minimum atomic E-state index is -0.414. The fourth-order valence-electron chi connectivity index (χ4n) is 4.32. The van der Waals surface area contributed by atoms with Crippen molar-refractivity contribution in [3.63, 3.8) is 0 Å². The lowest BCUT2D eigenvalue weighted by molar-refractivity contribution is -0.122. The van der Waals surface area contributed by atoms with Crippen LogP contribution in [0, 0.1) is 12.7 Å². The molecular formula is C25H26FN5O. The normalized spacial score (nSPS) is 23.4. The van der Waals surface area contributed by atoms with Crippen molar-refractivity contribution < 1.29 is 9.18 Å². The van der Waals surface area contributed by atoms with Crippen LogP contribution in [0.1, 0.15) is 18.2 Å². The van der Waals surface area contributed by atoms with Crippen molar-refractivity contribution in [2.24, 2.45) is 0 Å². The van der Waals surface area contributed by atoms with Crippen molar-refractivity contribution >= 4 is 17.1 Å². The van der Waals surface area contributed by atoms with Gasteiger partial charge in [0.1, 0.15) is 0 Å². The molecule has 5 rings (SSSR count). The van der Waals surface area contributed by atoms with Gasteiger partial charge in [-0.25, -0.2) is 9.37 Å². The molecule has 1 atom stereocenters. The first-order valence-corrected chi connectivity index (χ1v) is 10.8. The third kappa shape index (κ3) is 3.69. The zero-order valence-electron chi connectivity index (χ0n) is 18.5. The number of hydrogen-bond acceptors (Lipinski definition) is 4. The van der Waals surface area contributed by atoms with E-state index in [2.05, 4.69) is 34.8 Å². The van der Waals surface area contributed by atoms with E-state index in [1.54, 1.807) is 27.8 Å². The number of rotatable bonds is 2. The predicted molar refractivity (Wildman–Crippen MR) is 123 cm³/mol. The van der Waals surface area contributed by atoms with Crippen molar-refractivity contribution in [1.29, 1.82) is 0 Å². The number of carbonyl (C=O) groups excluding carboxylic acids is 1. The van der Waals surface area contributed by atoms with Crippen LogP contribution in [-0.2, 0) is 4.79 Å². The molecule has 164 valence electrons. The molecular weight excluding hydrogens is 405 g/mol. The van der Waals surface area contributed by atoms with Crippen molar-refractivity contribution in [2.75, 3.05) is 26.7 Å². The first-order chi connectivity index (χ1) is 15.4. The molecule has 1 fully saturated rings. The Labute approximate surface area is 186 Å². The highest BCUT2D eigenvalue weighted by atomic mass is 19.1. The van der Waals surface area contributed by atoms with E-state index in [0.717, 1.165) is 36.7 Å². The number of hydrogen-bond donors (Lipinski definition) is 0. The van der Waals surface area contributed by atoms with Gasteiger partial charge in [0.25, 0.3) is 5.91 Å². The minimum Gasteiger partial charge on any atom is -0.367 e. The number of aryl methyl sites for hydroxylation is 1. The summed E-state index contributed by atoms with van der Waals surface area (Å²) in [5.41, 5.74) is 4.12. The van der Waals surface area contributed by atoms with Crippen molar-refractivity contribution in [2.45, 2.75) is 19.9 Å². The van der Waals surface area contributed by atoms with Gasteiger partial charge in [-0.1, -0.05) is 12.2 Å². The molecule has 6 nitrogen and oxygen atoms in total. The van der Waals surface area contributed by atoms with Crippen LogP contribution in [0.25, 0.3) is 11.2 Å². The predicted octanol–water partition coefficient (Wildman–Crippen LogP) is 3.49. The molecule has 0 saturated carbocycles. The molecule has 32 heavy (non-hydrogen) atoms. The summed E-state index contributed by atoms with van der Waals surface area (Å²) in [5, 5.41) is 0. The van der Waals surface area contributed by atoms with E-state index in [1.807, 2.05) is 37.4 Å². The summed E-state index contributed by atoms with van der Waals surface area (Å²) in [5.74, 6) is -0.579. The van der Waals surface area contributed by atoms with Crippen LogP contribution in [0.2, 0.25) is 0 Å². The number of piperazine rings is 1. The smallest absolute Gasteiger partial charge is 0.255 e. The van der Waals surface area contributed by atoms with Gasteiger partial charge in [-0.15, -0.1) is 0 Å². The van der Waals surface area contributed by atoms with Crippen LogP contribution < -0.4 is 0 Å². The molecule has 0 bridgehead atoms. The van der Waals surface area contributed by atoms with Gasteiger partial charge in [-0.3, -0.25) is 9.69 Å². The first kappa shape index (κ1) is 20.5. The number of nitrogens with zero attached hydrogens (tertiary/aromatic N) is 5. The molecule has 0 aliphatic carbocycles. The van der Waals surface area contributed by atoms with Crippen LogP contribution >= 0.6 is 0 Å². The van der Waals surface area contributed by atoms with Gasteiger partial charge in [-0.05, 0) is 50.8 Å². The standard InChI is InChI=1S/C25H26FN5O/c1-17-13-30-15-20(11-23(26)25(30)27-17)19-5-4-6-21-7-8-22(16-31(21)24(32)12-19)29-10-9-28(3)18(2)14-29/h4-8,11-13,15-16,18H,9-10,14H2,1-3H3/b5-4?,19-12?,21-6+/t18-/m0/s1. The second-order valence-corrected chi connectivity index (χ2v) is 8.61. The molecule has 7 heteroatoms. The zero-order valence-corrected chi connectivity index (χ0v) is 18.5. The van der Waals surface area contributed by atoms with E-state index in [-0.39, 0.29) is 11.6 Å². The number of allylic oxidation sites excluding steroid dienone is 6. The van der Waals surface area contributed by atoms with Crippen molar-refractivity contribution in [1.82, 2.24) is 24.1 Å². The summed E-state index contributed by atoms with van der Waals surface area (Å²) in [4.78, 5) is 23.8. The Balaban J connectivity index is 1.48. The summed E-state index contributed by atoms with van der Waals surface area (Å²) in [6.07, 6.45) is 16.7. The number of imidazole rings is 1. The van der Waals surface area contributed by atoms with E-state index in [1.165, 1.54) is 6.07 Å². The molecule has 0 aromatic carbocycles. The number of likely N-dealkylation sites (N-methyl/N-ethyl adjacent to an activating group) is 1. The first-order valence-electron chi connectivity index (χ1n) is 10.8. The maximum Gasteiger partial charge on any atom is 0.255 e. The van der Waals surface area contributed by atoms with Gasteiger partial charge in [0.2, 0.25) is 0 Å². The fraction of sp³-hybridized carbons (Fsp3) is 0.280. The quantitative estimate of drug-likeness (QED) is 0.730. The third-order valence-electron chi connectivity index (χ3n) is 6.31. The highest BCUT2D eigenvalue weighted by molar-refractivity contribution is 5.99. The lowest BCUT2D eigenvalue weighted by atomic mass is 10.0. The molecule has 0 spiro atoms. The molecule has 2 aromatic heterocycles. The van der Waals surface area contributed by atoms with Crippen LogP contribution in [0.15, 0.2) is 72.5 Å². The monoisotopic (exact) mass is 431 g/mol. The van der Waals surface area contributed by atoms with Crippen molar-refractivity contribution in [3.05, 3.63) is 89.6 Å². The van der Waals surface area contributed by atoms with E-state index in [0.29, 0.717) is 17.2 Å². The molecule has 3 aliphatic rings. The Kier molecular flexibility index (Phi) is 5.06. The summed E-state index contributed by atoms with van der Waals surface area (Å²) in [6, 6.07) is 1.88. The lowest BCUT2D eigenvalue weighted by Gasteiger charge is -2.40. The Morgan fingerprint density at radius 2 is 1.94 bits per heavy atom. The number of carbonyl (C=O) groups is 1. The van der Waals surface area contributed by atoms with Gasteiger partial charge in [-0.2, -0.15) is 0 Å². The van der Waals surface area contributed by atoms with Crippen LogP contribution in [0.4, 0.5) is 4.39 Å². The second kappa shape index (κ2) is 7.91. The van der Waals surface area contributed by atoms with E-state index in [4.69, 9.17) is 0 Å². The SMILES string of the molecule is Cc1cn2cc(C3=CC(=O)N4C=C(N5CCN(C)[C@@H](C)C5)C=C/C4=C\C=C3)cc(F)c2n1. The van der Waals surface area contributed by atoms with Gasteiger partial charge < -0.3 is 14.2 Å². The number of aromatic nitrogens is 2. The molecule has 0 radical (unpaired) electrons. The maximum atomic E-state index is 14.6. The van der Waals surface area contributed by atoms with Gasteiger partial charge >= 0.3 is 0 Å². The third-order valence-corrected chi connectivity index (χ3v) is 6.31. The van der Waals surface area contributed by atoms with Crippen LogP contribution in [0.5, 0.6) is 0 Å². The highest BCUT2D eigenvalue weighted by Gasteiger charge is 2.25. The summed E-state index contributed by atoms with van der Waals surface area (Å²) in [6.45, 7) is 6.85. The Bertz CT molecular complexity index is 1250. The minimum absolute atomic E-state index is 0.165. The van der Waals surface area contributed by atoms with Gasteiger partial charge in [0.05, 0.1) is 11.4 Å². The molecule has 0 N–H and O–H groups in total. The molecule has 0 unspecified atom stereocenters. The van der Waals surface area contributed by atoms with Crippen LogP contribution in [-0.4, -0.2) is 62.7 Å². The number of halogens is 1. The Morgan fingerprint density at radius 3 is 2.75 bits per heavy atom. The molecule has 2 aromatic rings. The summed E-state index contributed by atoms with van der Waals surface area (Å²) >= 11 is 0. The van der Waals surface area contributed by atoms with E-state index < -0.39 is 5.82 Å². The van der Waals surface area contributed by atoms with Crippen LogP contribution in [0.3, 0.4) is 0 Å². The summed E-state index contributed by atoms with van der Waals surface area (Å²) < 4.78 is 16.3. The topological polar surface area (TPSA) is 44.1 Å². The molecule has 1 amide bonds. The Morgan fingerprint density at radius 1 is 1.12 bits per heavy atom. The second-order valence-electron chi connectivity index (χ2n) is 8.61. The summed E-state index contributed by atoms with van der Waals surface area (Å²) in [7, 11) is 2.14. The molecule has 1 saturated heterocycles. The van der Waals surface area contributed by atoms with E-state index >= 15 is 0 Å². The number of pyridine rings is 1. The average Bonchev–Trinajstić information content (AvgIpc) is 3.14. The lowest BCUT2D eigenvalue weighted by Crippen LogP contribution is -2.49. The van der Waals surface area contributed by atoms with Gasteiger partial charge in [0, 0.05) is 61.6 Å². The average molecular weight is 432 g/mol. The molecule has 3 aliphatic heterocycles. The fourth-order valence-corrected chi connectivity index (χ4v) is 4.32. The van der Waals surface area contributed by atoms with E-state index in [9.17, 15) is 9.18 Å². The molecule has 5 heterocycles.